The summed E-state index contributed by atoms with van der Waals surface area (Å²) in [6.45, 7) is 4.63. The molecule has 0 spiro atoms. The summed E-state index contributed by atoms with van der Waals surface area (Å²) in [6.07, 6.45) is 2.80. The fraction of sp³-hybridized carbons (Fsp3) is 0.444. The van der Waals surface area contributed by atoms with E-state index in [-0.39, 0.29) is 30.0 Å². The van der Waals surface area contributed by atoms with Crippen molar-refractivity contribution in [1.29, 1.82) is 0 Å². The van der Waals surface area contributed by atoms with Gasteiger partial charge in [-0.1, -0.05) is 19.1 Å². The van der Waals surface area contributed by atoms with E-state index in [2.05, 4.69) is 17.2 Å². The van der Waals surface area contributed by atoms with Crippen LogP contribution in [-0.4, -0.2) is 46.4 Å². The molecule has 1 aromatic carbocycles. The maximum absolute atomic E-state index is 13.0. The Bertz CT molecular complexity index is 792. The van der Waals surface area contributed by atoms with E-state index in [1.165, 1.54) is 23.5 Å². The second kappa shape index (κ2) is 9.77. The third kappa shape index (κ3) is 5.03. The second-order valence-electron chi connectivity index (χ2n) is 6.33. The largest absolute Gasteiger partial charge is 0.334 e. The molecule has 0 bridgehead atoms. The lowest BCUT2D eigenvalue weighted by Gasteiger charge is -2.34. The number of nitrogens with zero attached hydrogens (tertiary/aromatic N) is 3. The van der Waals surface area contributed by atoms with Crippen LogP contribution in [0.25, 0.3) is 10.6 Å². The van der Waals surface area contributed by atoms with Crippen molar-refractivity contribution in [3.05, 3.63) is 45.5 Å². The fourth-order valence-electron chi connectivity index (χ4n) is 3.21. The summed E-state index contributed by atoms with van der Waals surface area (Å²) in [6, 6.07) is 6.59. The van der Waals surface area contributed by atoms with E-state index in [4.69, 9.17) is 0 Å². The van der Waals surface area contributed by atoms with Gasteiger partial charge in [0.25, 0.3) is 11.6 Å². The number of thiazole rings is 1. The number of hydrogen-bond acceptors (Lipinski definition) is 6. The van der Waals surface area contributed by atoms with Gasteiger partial charge in [0.1, 0.15) is 10.7 Å². The summed E-state index contributed by atoms with van der Waals surface area (Å²) >= 11 is 1.34. The number of rotatable bonds is 6. The lowest BCUT2D eigenvalue weighted by atomic mass is 10.0. The zero-order valence-electron chi connectivity index (χ0n) is 15.1. The molecule has 1 N–H and O–H groups in total. The highest BCUT2D eigenvalue weighted by atomic mass is 35.5. The molecule has 7 nitrogen and oxygen atoms in total. The van der Waals surface area contributed by atoms with E-state index in [1.807, 2.05) is 4.90 Å². The van der Waals surface area contributed by atoms with Crippen molar-refractivity contribution in [2.75, 3.05) is 19.6 Å². The Hall–Kier alpha value is -2.03. The average molecular weight is 411 g/mol. The van der Waals surface area contributed by atoms with E-state index < -0.39 is 4.92 Å². The molecule has 0 saturated carbocycles. The number of amides is 1. The van der Waals surface area contributed by atoms with Crippen LogP contribution in [0.15, 0.2) is 29.6 Å². The van der Waals surface area contributed by atoms with E-state index in [0.29, 0.717) is 22.8 Å². The van der Waals surface area contributed by atoms with Gasteiger partial charge in [-0.05, 0) is 32.4 Å². The highest BCUT2D eigenvalue weighted by Gasteiger charge is 2.27. The molecule has 1 aromatic heterocycles. The summed E-state index contributed by atoms with van der Waals surface area (Å²) in [4.78, 5) is 29.9. The van der Waals surface area contributed by atoms with E-state index in [0.717, 1.165) is 32.4 Å². The number of non-ortho nitro benzene ring substituents is 1. The van der Waals surface area contributed by atoms with Crippen LogP contribution in [0.2, 0.25) is 0 Å². The Morgan fingerprint density at radius 3 is 2.81 bits per heavy atom. The lowest BCUT2D eigenvalue weighted by molar-refractivity contribution is -0.384. The van der Waals surface area contributed by atoms with Crippen LogP contribution in [0.1, 0.15) is 36.7 Å². The highest BCUT2D eigenvalue weighted by Crippen LogP contribution is 2.28. The Balaban J connectivity index is 0.00000261. The molecular formula is C18H23ClN4O3S. The maximum atomic E-state index is 13.0. The number of aromatic nitrogens is 1. The first-order chi connectivity index (χ1) is 12.6. The summed E-state index contributed by atoms with van der Waals surface area (Å²) < 4.78 is 0. The second-order valence-corrected chi connectivity index (χ2v) is 7.18. The number of nitro groups is 1. The highest BCUT2D eigenvalue weighted by molar-refractivity contribution is 7.13. The first kappa shape index (κ1) is 21.3. The normalized spacial score (nSPS) is 14.4. The number of piperidine rings is 1. The van der Waals surface area contributed by atoms with E-state index >= 15 is 0 Å². The summed E-state index contributed by atoms with van der Waals surface area (Å²) in [5.74, 6) is -0.0494. The minimum atomic E-state index is -0.427. The van der Waals surface area contributed by atoms with E-state index in [1.54, 1.807) is 17.5 Å². The van der Waals surface area contributed by atoms with Crippen LogP contribution in [0.4, 0.5) is 5.69 Å². The molecule has 1 aliphatic rings. The minimum Gasteiger partial charge on any atom is -0.334 e. The maximum Gasteiger partial charge on any atom is 0.273 e. The fourth-order valence-corrected chi connectivity index (χ4v) is 4.00. The molecule has 2 aromatic rings. The molecule has 0 atom stereocenters. The minimum absolute atomic E-state index is 0. The Morgan fingerprint density at radius 2 is 2.15 bits per heavy atom. The van der Waals surface area contributed by atoms with Gasteiger partial charge in [0.05, 0.1) is 4.92 Å². The van der Waals surface area contributed by atoms with Gasteiger partial charge in [-0.15, -0.1) is 23.7 Å². The van der Waals surface area contributed by atoms with Crippen molar-refractivity contribution < 1.29 is 9.72 Å². The molecule has 0 radical (unpaired) electrons. The van der Waals surface area contributed by atoms with Crippen LogP contribution >= 0.6 is 23.7 Å². The van der Waals surface area contributed by atoms with E-state index in [9.17, 15) is 14.9 Å². The smallest absolute Gasteiger partial charge is 0.273 e. The van der Waals surface area contributed by atoms with Crippen LogP contribution in [-0.2, 0) is 0 Å². The van der Waals surface area contributed by atoms with Gasteiger partial charge in [0, 0.05) is 35.7 Å². The number of carbonyl (C=O) groups is 1. The van der Waals surface area contributed by atoms with Gasteiger partial charge in [-0.2, -0.15) is 0 Å². The Kier molecular flexibility index (Phi) is 7.70. The summed E-state index contributed by atoms with van der Waals surface area (Å²) in [5.41, 5.74) is 1.10. The molecule has 146 valence electrons. The number of hydrogen-bond donors (Lipinski definition) is 1. The van der Waals surface area contributed by atoms with Crippen LogP contribution < -0.4 is 5.32 Å². The molecule has 1 fully saturated rings. The lowest BCUT2D eigenvalue weighted by Crippen LogP contribution is -2.46. The third-order valence-electron chi connectivity index (χ3n) is 4.50. The van der Waals surface area contributed by atoms with Gasteiger partial charge in [-0.3, -0.25) is 14.9 Å². The SMILES string of the molecule is CCCN(C(=O)c1csc(-c2cccc([N+](=O)[O-])c2)n1)C1CCNCC1.Cl. The molecule has 0 unspecified atom stereocenters. The van der Waals surface area contributed by atoms with Crippen molar-refractivity contribution in [2.24, 2.45) is 0 Å². The molecule has 1 saturated heterocycles. The Labute approximate surface area is 168 Å². The molecule has 1 aliphatic heterocycles. The standard InChI is InChI=1S/C18H22N4O3S.ClH/c1-2-10-21(14-6-8-19-9-7-14)18(23)16-12-26-17(20-16)13-4-3-5-15(11-13)22(24)25;/h3-5,11-12,14,19H,2,6-10H2,1H3;1H. The third-order valence-corrected chi connectivity index (χ3v) is 5.39. The average Bonchev–Trinajstić information content (AvgIpc) is 3.16. The van der Waals surface area contributed by atoms with Gasteiger partial charge in [0.15, 0.2) is 0 Å². The van der Waals surface area contributed by atoms with Gasteiger partial charge in [0.2, 0.25) is 0 Å². The van der Waals surface area contributed by atoms with Crippen molar-refractivity contribution in [3.8, 4) is 10.6 Å². The molecule has 9 heteroatoms. The molecule has 2 heterocycles. The molecule has 27 heavy (non-hydrogen) atoms. The zero-order valence-corrected chi connectivity index (χ0v) is 16.7. The zero-order chi connectivity index (χ0) is 18.5. The van der Waals surface area contributed by atoms with Crippen molar-refractivity contribution in [3.63, 3.8) is 0 Å². The molecule has 3 rings (SSSR count). The topological polar surface area (TPSA) is 88.4 Å². The summed E-state index contributed by atoms with van der Waals surface area (Å²) in [7, 11) is 0. The van der Waals surface area contributed by atoms with Crippen molar-refractivity contribution in [2.45, 2.75) is 32.2 Å². The van der Waals surface area contributed by atoms with Gasteiger partial charge in [-0.25, -0.2) is 4.98 Å². The first-order valence-electron chi connectivity index (χ1n) is 8.82. The molecular weight excluding hydrogens is 388 g/mol. The Morgan fingerprint density at radius 1 is 1.41 bits per heavy atom. The molecule has 0 aliphatic carbocycles. The number of nitrogens with one attached hydrogen (secondary N) is 1. The monoisotopic (exact) mass is 410 g/mol. The van der Waals surface area contributed by atoms with Crippen molar-refractivity contribution in [1.82, 2.24) is 15.2 Å². The number of benzene rings is 1. The number of nitro benzene ring substituents is 1. The predicted molar refractivity (Wildman–Crippen MR) is 109 cm³/mol. The van der Waals surface area contributed by atoms with Crippen LogP contribution in [0, 0.1) is 10.1 Å². The van der Waals surface area contributed by atoms with Crippen LogP contribution in [0.5, 0.6) is 0 Å². The predicted octanol–water partition coefficient (Wildman–Crippen LogP) is 3.74. The summed E-state index contributed by atoms with van der Waals surface area (Å²) in [5, 5.41) is 16.7. The van der Waals surface area contributed by atoms with Crippen LogP contribution in [0.3, 0.4) is 0 Å². The molecule has 1 amide bonds. The first-order valence-corrected chi connectivity index (χ1v) is 9.70. The quantitative estimate of drug-likeness (QED) is 0.578. The number of halogens is 1. The van der Waals surface area contributed by atoms with Gasteiger partial charge >= 0.3 is 0 Å². The van der Waals surface area contributed by atoms with Gasteiger partial charge < -0.3 is 10.2 Å². The van der Waals surface area contributed by atoms with Crippen molar-refractivity contribution >= 4 is 35.3 Å². The number of carbonyl (C=O) groups excluding carboxylic acids is 1.